The van der Waals surface area contributed by atoms with Gasteiger partial charge in [-0.15, -0.1) is 0 Å². The van der Waals surface area contributed by atoms with E-state index in [0.717, 1.165) is 23.0 Å². The van der Waals surface area contributed by atoms with Gasteiger partial charge >= 0.3 is 11.6 Å². The van der Waals surface area contributed by atoms with Crippen LogP contribution in [0.4, 0.5) is 0 Å². The minimum Gasteiger partial charge on any atom is -0.490 e. The summed E-state index contributed by atoms with van der Waals surface area (Å²) >= 11 is 0. The molecule has 0 radical (unpaired) electrons. The zero-order valence-corrected chi connectivity index (χ0v) is 17.6. The minimum atomic E-state index is -0.447. The van der Waals surface area contributed by atoms with E-state index in [2.05, 4.69) is 0 Å². The van der Waals surface area contributed by atoms with Crippen LogP contribution in [-0.4, -0.2) is 25.8 Å². The van der Waals surface area contributed by atoms with Crippen molar-refractivity contribution in [1.82, 2.24) is 0 Å². The van der Waals surface area contributed by atoms with Gasteiger partial charge in [0.05, 0.1) is 7.11 Å². The number of benzene rings is 1. The van der Waals surface area contributed by atoms with Crippen LogP contribution in [0.25, 0.3) is 11.0 Å². The van der Waals surface area contributed by atoms with Gasteiger partial charge in [-0.25, -0.2) is 4.79 Å². The van der Waals surface area contributed by atoms with E-state index < -0.39 is 5.63 Å². The third-order valence-corrected chi connectivity index (χ3v) is 4.28. The van der Waals surface area contributed by atoms with Crippen molar-refractivity contribution in [3.63, 3.8) is 0 Å². The Balaban J connectivity index is 2.16. The van der Waals surface area contributed by atoms with E-state index in [9.17, 15) is 9.59 Å². The van der Waals surface area contributed by atoms with Crippen molar-refractivity contribution in [3.8, 4) is 11.5 Å². The monoisotopic (exact) mass is 400 g/mol. The van der Waals surface area contributed by atoms with Crippen molar-refractivity contribution in [1.29, 1.82) is 0 Å². The first kappa shape index (κ1) is 22.3. The molecule has 2 rings (SSSR count). The fraction of sp³-hybridized carbons (Fsp3) is 0.391. The molecule has 0 N–H and O–H groups in total. The van der Waals surface area contributed by atoms with Gasteiger partial charge in [0.2, 0.25) is 5.75 Å². The molecule has 6 heteroatoms. The summed E-state index contributed by atoms with van der Waals surface area (Å²) in [4.78, 5) is 22.9. The van der Waals surface area contributed by atoms with E-state index in [1.165, 1.54) is 20.1 Å². The fourth-order valence-corrected chi connectivity index (χ4v) is 3.00. The van der Waals surface area contributed by atoms with Crippen LogP contribution in [0.1, 0.15) is 40.5 Å². The molecule has 1 atom stereocenters. The van der Waals surface area contributed by atoms with Gasteiger partial charge in [0.25, 0.3) is 0 Å². The number of esters is 1. The Bertz CT molecular complexity index is 963. The number of ether oxygens (including phenoxy) is 3. The standard InChI is InChI=1S/C23H28O6/c1-6-17(14-19(13-15(2)3)28-16(4)24)11-12-27-20-9-7-18-8-10-21(25)29-22(18)23(20)26-5/h7-11,13,19H,6,12,14H2,1-5H3/b17-11+/t19-/m0/s1. The molecule has 0 unspecified atom stereocenters. The lowest BCUT2D eigenvalue weighted by Crippen LogP contribution is -2.15. The first-order chi connectivity index (χ1) is 13.8. The van der Waals surface area contributed by atoms with Crippen LogP contribution in [0.15, 0.2) is 56.8 Å². The van der Waals surface area contributed by atoms with Gasteiger partial charge in [0.1, 0.15) is 12.7 Å². The third-order valence-electron chi connectivity index (χ3n) is 4.28. The molecule has 156 valence electrons. The number of hydrogen-bond acceptors (Lipinski definition) is 6. The van der Waals surface area contributed by atoms with Gasteiger partial charge < -0.3 is 18.6 Å². The lowest BCUT2D eigenvalue weighted by molar-refractivity contribution is -0.144. The number of fused-ring (bicyclic) bond motifs is 1. The molecule has 0 saturated carbocycles. The molecule has 0 bridgehead atoms. The SMILES string of the molecule is CC/C(=C\COc1ccc2ccc(=O)oc2c1OC)C[C@H](C=C(C)C)OC(C)=O. The Morgan fingerprint density at radius 2 is 1.90 bits per heavy atom. The molecule has 0 spiro atoms. The molecule has 29 heavy (non-hydrogen) atoms. The van der Waals surface area contributed by atoms with E-state index in [0.29, 0.717) is 30.1 Å². The van der Waals surface area contributed by atoms with E-state index in [1.54, 1.807) is 12.1 Å². The molecule has 0 saturated heterocycles. The van der Waals surface area contributed by atoms with E-state index in [4.69, 9.17) is 18.6 Å². The lowest BCUT2D eigenvalue weighted by atomic mass is 10.0. The molecule has 0 fully saturated rings. The summed E-state index contributed by atoms with van der Waals surface area (Å²) in [6, 6.07) is 6.64. The summed E-state index contributed by atoms with van der Waals surface area (Å²) in [6.45, 7) is 7.71. The molecule has 0 aliphatic rings. The first-order valence-electron chi connectivity index (χ1n) is 9.57. The maximum Gasteiger partial charge on any atom is 0.336 e. The van der Waals surface area contributed by atoms with Gasteiger partial charge in [-0.05, 0) is 50.6 Å². The molecule has 0 aliphatic heterocycles. The second kappa shape index (κ2) is 10.5. The quantitative estimate of drug-likeness (QED) is 0.342. The highest BCUT2D eigenvalue weighted by Gasteiger charge is 2.13. The Morgan fingerprint density at radius 1 is 1.17 bits per heavy atom. The van der Waals surface area contributed by atoms with E-state index >= 15 is 0 Å². The second-order valence-corrected chi connectivity index (χ2v) is 6.89. The Kier molecular flexibility index (Phi) is 8.07. The zero-order chi connectivity index (χ0) is 21.4. The van der Waals surface area contributed by atoms with Crippen LogP contribution >= 0.6 is 0 Å². The number of carbonyl (C=O) groups is 1. The van der Waals surface area contributed by atoms with Gasteiger partial charge in [0, 0.05) is 24.8 Å². The Hall–Kier alpha value is -3.02. The molecule has 1 heterocycles. The number of methoxy groups -OCH3 is 1. The van der Waals surface area contributed by atoms with Gasteiger partial charge in [-0.1, -0.05) is 18.1 Å². The van der Waals surface area contributed by atoms with Crippen LogP contribution in [0.5, 0.6) is 11.5 Å². The average Bonchev–Trinajstić information content (AvgIpc) is 2.65. The second-order valence-electron chi connectivity index (χ2n) is 6.89. The van der Waals surface area contributed by atoms with Crippen molar-refractivity contribution in [2.45, 2.75) is 46.6 Å². The zero-order valence-electron chi connectivity index (χ0n) is 17.6. The maximum absolute atomic E-state index is 11.5. The summed E-state index contributed by atoms with van der Waals surface area (Å²) in [5, 5.41) is 0.754. The highest BCUT2D eigenvalue weighted by atomic mass is 16.5. The van der Waals surface area contributed by atoms with Crippen molar-refractivity contribution in [2.24, 2.45) is 0 Å². The summed E-state index contributed by atoms with van der Waals surface area (Å²) < 4.78 is 21.9. The number of hydrogen-bond donors (Lipinski definition) is 0. The van der Waals surface area contributed by atoms with Gasteiger partial charge in [-0.3, -0.25) is 4.79 Å². The van der Waals surface area contributed by atoms with Crippen molar-refractivity contribution in [3.05, 3.63) is 58.0 Å². The Morgan fingerprint density at radius 3 is 2.52 bits per heavy atom. The van der Waals surface area contributed by atoms with Crippen LogP contribution in [0.2, 0.25) is 0 Å². The topological polar surface area (TPSA) is 75.0 Å². The summed E-state index contributed by atoms with van der Waals surface area (Å²) in [5.41, 5.74) is 2.11. The normalized spacial score (nSPS) is 12.4. The molecular weight excluding hydrogens is 372 g/mol. The average molecular weight is 400 g/mol. The molecule has 0 amide bonds. The number of rotatable bonds is 9. The maximum atomic E-state index is 11.5. The summed E-state index contributed by atoms with van der Waals surface area (Å²) in [5.74, 6) is 0.567. The minimum absolute atomic E-state index is 0.298. The smallest absolute Gasteiger partial charge is 0.336 e. The Labute approximate surface area is 170 Å². The molecule has 1 aromatic heterocycles. The predicted octanol–water partition coefficient (Wildman–Crippen LogP) is 4.80. The van der Waals surface area contributed by atoms with Crippen LogP contribution in [0.3, 0.4) is 0 Å². The summed E-state index contributed by atoms with van der Waals surface area (Å²) in [7, 11) is 1.51. The predicted molar refractivity (Wildman–Crippen MR) is 113 cm³/mol. The molecular formula is C23H28O6. The van der Waals surface area contributed by atoms with Gasteiger partial charge in [0.15, 0.2) is 11.3 Å². The third kappa shape index (κ3) is 6.52. The molecule has 0 aliphatic carbocycles. The van der Waals surface area contributed by atoms with Crippen molar-refractivity contribution >= 4 is 16.9 Å². The van der Waals surface area contributed by atoms with Crippen LogP contribution in [0, 0.1) is 0 Å². The molecule has 6 nitrogen and oxygen atoms in total. The highest BCUT2D eigenvalue weighted by Crippen LogP contribution is 2.34. The van der Waals surface area contributed by atoms with Crippen LogP contribution in [-0.2, 0) is 9.53 Å². The van der Waals surface area contributed by atoms with Crippen LogP contribution < -0.4 is 15.1 Å². The van der Waals surface area contributed by atoms with E-state index in [1.807, 2.05) is 39.0 Å². The van der Waals surface area contributed by atoms with E-state index in [-0.39, 0.29) is 12.1 Å². The van der Waals surface area contributed by atoms with Crippen molar-refractivity contribution in [2.75, 3.05) is 13.7 Å². The van der Waals surface area contributed by atoms with Crippen molar-refractivity contribution < 1.29 is 23.4 Å². The molecule has 1 aromatic carbocycles. The lowest BCUT2D eigenvalue weighted by Gasteiger charge is -2.16. The fourth-order valence-electron chi connectivity index (χ4n) is 3.00. The molecule has 2 aromatic rings. The first-order valence-corrected chi connectivity index (χ1v) is 9.57. The summed E-state index contributed by atoms with van der Waals surface area (Å²) in [6.07, 6.45) is 5.03. The number of carbonyl (C=O) groups excluding carboxylic acids is 1. The number of allylic oxidation sites excluding steroid dienone is 1. The highest BCUT2D eigenvalue weighted by molar-refractivity contribution is 5.85. The van der Waals surface area contributed by atoms with Gasteiger partial charge in [-0.2, -0.15) is 0 Å². The largest absolute Gasteiger partial charge is 0.490 e.